The number of amides is 2. The van der Waals surface area contributed by atoms with Crippen LogP contribution in [0, 0.1) is 11.6 Å². The Morgan fingerprint density at radius 2 is 1.55 bits per heavy atom. The Balaban J connectivity index is 1.25. The van der Waals surface area contributed by atoms with E-state index in [4.69, 9.17) is 15.2 Å². The fourth-order valence-electron chi connectivity index (χ4n) is 5.61. The van der Waals surface area contributed by atoms with Crippen LogP contribution >= 0.6 is 0 Å². The van der Waals surface area contributed by atoms with Crippen molar-refractivity contribution in [3.05, 3.63) is 108 Å². The number of nitrogens with zero attached hydrogens (tertiary/aromatic N) is 4. The largest absolute Gasteiger partial charge is 0.497 e. The molecule has 44 heavy (non-hydrogen) atoms. The van der Waals surface area contributed by atoms with Gasteiger partial charge in [0.05, 0.1) is 25.6 Å². The van der Waals surface area contributed by atoms with Crippen molar-refractivity contribution in [3.8, 4) is 11.5 Å². The number of carbonyl (C=O) groups excluding carboxylic acids is 1. The maximum atomic E-state index is 14.0. The predicted octanol–water partition coefficient (Wildman–Crippen LogP) is 6.45. The third-order valence-corrected chi connectivity index (χ3v) is 8.00. The molecule has 1 saturated heterocycles. The molecule has 0 atom stereocenters. The summed E-state index contributed by atoms with van der Waals surface area (Å²) in [4.78, 5) is 24.1. The molecule has 10 heteroatoms. The van der Waals surface area contributed by atoms with Gasteiger partial charge in [0.15, 0.2) is 5.82 Å². The summed E-state index contributed by atoms with van der Waals surface area (Å²) in [7, 11) is 3.11. The predicted molar refractivity (Wildman–Crippen MR) is 168 cm³/mol. The Hall–Kier alpha value is -4.70. The molecule has 2 heterocycles. The van der Waals surface area contributed by atoms with Gasteiger partial charge < -0.3 is 20.1 Å². The number of methoxy groups -OCH3 is 2. The summed E-state index contributed by atoms with van der Waals surface area (Å²) in [6.45, 7) is 3.30. The first-order valence-electron chi connectivity index (χ1n) is 14.6. The van der Waals surface area contributed by atoms with Crippen molar-refractivity contribution in [2.75, 3.05) is 57.6 Å². The monoisotopic (exact) mass is 601 g/mol. The lowest BCUT2D eigenvalue weighted by Crippen LogP contribution is -2.52. The number of urea groups is 1. The third-order valence-electron chi connectivity index (χ3n) is 8.00. The summed E-state index contributed by atoms with van der Waals surface area (Å²) >= 11 is 0. The van der Waals surface area contributed by atoms with E-state index >= 15 is 0 Å². The van der Waals surface area contributed by atoms with Gasteiger partial charge in [0.1, 0.15) is 23.1 Å². The van der Waals surface area contributed by atoms with Crippen molar-refractivity contribution in [2.24, 2.45) is 0 Å². The van der Waals surface area contributed by atoms with Gasteiger partial charge in [-0.15, -0.1) is 0 Å². The summed E-state index contributed by atoms with van der Waals surface area (Å²) in [5, 5.41) is 0. The van der Waals surface area contributed by atoms with Crippen LogP contribution in [0.2, 0.25) is 0 Å². The van der Waals surface area contributed by atoms with Crippen molar-refractivity contribution in [1.29, 1.82) is 0 Å². The number of ether oxygens (including phenoxy) is 2. The molecule has 2 N–H and O–H groups in total. The molecular weight excluding hydrogens is 564 g/mol. The topological polar surface area (TPSA) is 84.2 Å². The molecule has 1 aliphatic heterocycles. The Kier molecular flexibility index (Phi) is 9.91. The van der Waals surface area contributed by atoms with E-state index in [0.717, 1.165) is 30.5 Å². The van der Waals surface area contributed by atoms with Crippen molar-refractivity contribution >= 4 is 23.2 Å². The molecule has 2 amide bonds. The van der Waals surface area contributed by atoms with Crippen LogP contribution in [0.4, 0.5) is 30.8 Å². The lowest BCUT2D eigenvalue weighted by molar-refractivity contribution is 0.143. The van der Waals surface area contributed by atoms with Crippen LogP contribution in [0.5, 0.6) is 11.5 Å². The molecule has 0 aliphatic carbocycles. The van der Waals surface area contributed by atoms with Crippen molar-refractivity contribution in [1.82, 2.24) is 14.8 Å². The Morgan fingerprint density at radius 3 is 2.11 bits per heavy atom. The summed E-state index contributed by atoms with van der Waals surface area (Å²) in [5.74, 6) is 0.842. The van der Waals surface area contributed by atoms with Crippen LogP contribution < -0.4 is 20.1 Å². The number of rotatable bonds is 10. The van der Waals surface area contributed by atoms with Gasteiger partial charge in [-0.2, -0.15) is 0 Å². The normalized spacial score (nSPS) is 13.6. The van der Waals surface area contributed by atoms with E-state index in [1.165, 1.54) is 36.3 Å². The number of nitrogen functional groups attached to an aromatic ring is 1. The molecule has 0 spiro atoms. The Labute approximate surface area is 256 Å². The fraction of sp³-hybridized carbons (Fsp3) is 0.294. The van der Waals surface area contributed by atoms with Crippen LogP contribution in [-0.4, -0.2) is 67.8 Å². The zero-order valence-corrected chi connectivity index (χ0v) is 25.0. The van der Waals surface area contributed by atoms with Crippen LogP contribution in [-0.2, 0) is 0 Å². The zero-order valence-electron chi connectivity index (χ0n) is 25.0. The summed E-state index contributed by atoms with van der Waals surface area (Å²) in [5.41, 5.74) is 9.16. The number of nitrogens with two attached hydrogens (primary N) is 1. The van der Waals surface area contributed by atoms with Crippen LogP contribution in [0.25, 0.3) is 0 Å². The maximum absolute atomic E-state index is 14.0. The Morgan fingerprint density at radius 1 is 0.909 bits per heavy atom. The summed E-state index contributed by atoms with van der Waals surface area (Å²) in [6.07, 6.45) is 3.30. The first kappa shape index (κ1) is 30.7. The van der Waals surface area contributed by atoms with Gasteiger partial charge in [0, 0.05) is 44.4 Å². The molecule has 0 unspecified atom stereocenters. The molecule has 230 valence electrons. The highest BCUT2D eigenvalue weighted by Gasteiger charge is 2.31. The van der Waals surface area contributed by atoms with E-state index in [2.05, 4.69) is 9.88 Å². The van der Waals surface area contributed by atoms with E-state index in [9.17, 15) is 13.6 Å². The van der Waals surface area contributed by atoms with Crippen molar-refractivity contribution in [3.63, 3.8) is 0 Å². The fourth-order valence-corrected chi connectivity index (χ4v) is 5.61. The van der Waals surface area contributed by atoms with Crippen molar-refractivity contribution < 1.29 is 23.0 Å². The van der Waals surface area contributed by atoms with Gasteiger partial charge in [0.2, 0.25) is 0 Å². The average molecular weight is 602 g/mol. The number of hydrogen-bond acceptors (Lipinski definition) is 6. The molecule has 4 aromatic rings. The minimum atomic E-state index is -0.284. The van der Waals surface area contributed by atoms with Crippen molar-refractivity contribution in [2.45, 2.75) is 18.8 Å². The lowest BCUT2D eigenvalue weighted by atomic mass is 9.87. The number of hydrogen-bond donors (Lipinski definition) is 1. The molecule has 1 fully saturated rings. The van der Waals surface area contributed by atoms with E-state index < -0.39 is 0 Å². The summed E-state index contributed by atoms with van der Waals surface area (Å²) < 4.78 is 38.2. The molecule has 0 saturated carbocycles. The number of halogens is 2. The smallest absolute Gasteiger partial charge is 0.330 e. The second kappa shape index (κ2) is 14.2. The number of anilines is 3. The number of pyridine rings is 1. The molecule has 1 aromatic heterocycles. The highest BCUT2D eigenvalue weighted by atomic mass is 19.1. The molecule has 0 radical (unpaired) electrons. The van der Waals surface area contributed by atoms with E-state index in [-0.39, 0.29) is 23.6 Å². The van der Waals surface area contributed by atoms with E-state index in [0.29, 0.717) is 54.9 Å². The Bertz CT molecular complexity index is 1500. The third kappa shape index (κ3) is 7.08. The van der Waals surface area contributed by atoms with Crippen LogP contribution in [0.15, 0.2) is 85.1 Å². The second-order valence-corrected chi connectivity index (χ2v) is 10.7. The van der Waals surface area contributed by atoms with Gasteiger partial charge in [-0.05, 0) is 79.0 Å². The molecule has 1 aliphatic rings. The summed E-state index contributed by atoms with van der Waals surface area (Å²) in [6, 6.07) is 21.5. The lowest BCUT2D eigenvalue weighted by Gasteiger charge is -2.37. The minimum Gasteiger partial charge on any atom is -0.497 e. The van der Waals surface area contributed by atoms with Gasteiger partial charge in [0.25, 0.3) is 0 Å². The maximum Gasteiger partial charge on any atom is 0.330 e. The SMILES string of the molecule is COc1ccc(N(C(=O)N2CCN(CCCC(c3ccc(F)cc3)c3ccc(F)cc3)CC2)c2ncccc2N)c(OC)c1. The van der Waals surface area contributed by atoms with Gasteiger partial charge in [-0.1, -0.05) is 24.3 Å². The highest BCUT2D eigenvalue weighted by Crippen LogP contribution is 2.38. The van der Waals surface area contributed by atoms with E-state index in [1.54, 1.807) is 72.8 Å². The molecule has 3 aromatic carbocycles. The zero-order chi connectivity index (χ0) is 31.1. The van der Waals surface area contributed by atoms with Crippen LogP contribution in [0.3, 0.4) is 0 Å². The first-order chi connectivity index (χ1) is 21.4. The van der Waals surface area contributed by atoms with Crippen LogP contribution in [0.1, 0.15) is 29.9 Å². The molecular formula is C34H37F2N5O3. The standard InChI is InChI=1S/C34H37F2N5O3/c1-43-28-15-16-31(32(23-28)44-2)41(33-30(37)6-3-17-38-33)34(42)40-21-19-39(20-22-40)18-4-5-29(24-7-11-26(35)12-8-24)25-9-13-27(36)14-10-25/h3,6-17,23,29H,4-5,18-22,37H2,1-2H3. The first-order valence-corrected chi connectivity index (χ1v) is 14.6. The number of aromatic nitrogens is 1. The number of piperazine rings is 1. The van der Waals surface area contributed by atoms with Gasteiger partial charge in [-0.25, -0.2) is 23.5 Å². The minimum absolute atomic E-state index is 0.0240. The highest BCUT2D eigenvalue weighted by molar-refractivity contribution is 6.02. The number of benzene rings is 3. The number of carbonyl (C=O) groups is 1. The van der Waals surface area contributed by atoms with Gasteiger partial charge >= 0.3 is 6.03 Å². The molecule has 8 nitrogen and oxygen atoms in total. The second-order valence-electron chi connectivity index (χ2n) is 10.7. The van der Waals surface area contributed by atoms with E-state index in [1.807, 2.05) is 0 Å². The molecule has 5 rings (SSSR count). The molecule has 0 bridgehead atoms. The quantitative estimate of drug-likeness (QED) is 0.225. The average Bonchev–Trinajstić information content (AvgIpc) is 3.05. The van der Waals surface area contributed by atoms with Gasteiger partial charge in [-0.3, -0.25) is 4.90 Å².